The van der Waals surface area contributed by atoms with Crippen molar-refractivity contribution in [3.8, 4) is 0 Å². The standard InChI is InChI=1S/C21H24N6O5S2/c1-3-27(11-12-28)34(30,31)17-7-5-16(6-8-17)19(20(29)25-21-24-13-15(2)33-21)26-32-14-18-22-9-4-10-23-18/h4-10,13,28H,3,11-12,14H2,1-2H3,(H,24,25,29)/b26-19+. The van der Waals surface area contributed by atoms with E-state index in [2.05, 4.69) is 25.4 Å². The Balaban J connectivity index is 1.87. The summed E-state index contributed by atoms with van der Waals surface area (Å²) in [7, 11) is -3.80. The van der Waals surface area contributed by atoms with Crippen molar-refractivity contribution in [2.24, 2.45) is 5.16 Å². The van der Waals surface area contributed by atoms with Crippen LogP contribution >= 0.6 is 11.3 Å². The number of nitrogens with zero attached hydrogens (tertiary/aromatic N) is 5. The topological polar surface area (TPSA) is 147 Å². The first kappa shape index (κ1) is 25.4. The predicted octanol–water partition coefficient (Wildman–Crippen LogP) is 1.80. The van der Waals surface area contributed by atoms with Crippen molar-refractivity contribution in [1.82, 2.24) is 19.3 Å². The second-order valence-corrected chi connectivity index (χ2v) is 10.0. The van der Waals surface area contributed by atoms with Crippen molar-refractivity contribution in [3.63, 3.8) is 0 Å². The summed E-state index contributed by atoms with van der Waals surface area (Å²) in [6.07, 6.45) is 4.75. The van der Waals surface area contributed by atoms with Gasteiger partial charge in [-0.2, -0.15) is 4.31 Å². The maximum absolute atomic E-state index is 12.9. The van der Waals surface area contributed by atoms with E-state index in [1.54, 1.807) is 31.6 Å². The molecule has 11 nitrogen and oxygen atoms in total. The summed E-state index contributed by atoms with van der Waals surface area (Å²) < 4.78 is 26.8. The number of anilines is 1. The number of likely N-dealkylation sites (N-methyl/N-ethyl adjacent to an activating group) is 1. The molecule has 0 radical (unpaired) electrons. The summed E-state index contributed by atoms with van der Waals surface area (Å²) in [6, 6.07) is 7.35. The van der Waals surface area contributed by atoms with Gasteiger partial charge >= 0.3 is 0 Å². The van der Waals surface area contributed by atoms with Crippen LogP contribution in [0.3, 0.4) is 0 Å². The summed E-state index contributed by atoms with van der Waals surface area (Å²) in [5.41, 5.74) is 0.263. The minimum Gasteiger partial charge on any atom is -0.395 e. The Labute approximate surface area is 201 Å². The minimum atomic E-state index is -3.80. The molecule has 0 saturated carbocycles. The SMILES string of the molecule is CCN(CCO)S(=O)(=O)c1ccc(/C(=N\OCc2ncccn2)C(=O)Nc2ncc(C)s2)cc1. The third kappa shape index (κ3) is 6.41. The van der Waals surface area contributed by atoms with Crippen molar-refractivity contribution in [2.75, 3.05) is 25.0 Å². The molecule has 0 aliphatic rings. The monoisotopic (exact) mass is 504 g/mol. The van der Waals surface area contributed by atoms with Gasteiger partial charge in [0.25, 0.3) is 5.91 Å². The Morgan fingerprint density at radius 1 is 1.21 bits per heavy atom. The van der Waals surface area contributed by atoms with Crippen molar-refractivity contribution < 1.29 is 23.2 Å². The number of nitrogens with one attached hydrogen (secondary N) is 1. The first-order chi connectivity index (χ1) is 16.3. The number of benzene rings is 1. The Bertz CT molecular complexity index is 1230. The average molecular weight is 505 g/mol. The molecule has 0 unspecified atom stereocenters. The highest BCUT2D eigenvalue weighted by Gasteiger charge is 2.24. The number of oxime groups is 1. The normalized spacial score (nSPS) is 12.1. The van der Waals surface area contributed by atoms with Gasteiger partial charge in [-0.05, 0) is 25.1 Å². The van der Waals surface area contributed by atoms with Crippen LogP contribution in [0, 0.1) is 6.92 Å². The number of sulfonamides is 1. The predicted molar refractivity (Wildman–Crippen MR) is 127 cm³/mol. The number of aryl methyl sites for hydroxylation is 1. The molecule has 1 aromatic carbocycles. The van der Waals surface area contributed by atoms with Crippen LogP contribution < -0.4 is 5.32 Å². The summed E-state index contributed by atoms with van der Waals surface area (Å²) in [6.45, 7) is 3.39. The van der Waals surface area contributed by atoms with Gasteiger partial charge in [-0.1, -0.05) is 24.2 Å². The zero-order chi connectivity index (χ0) is 24.6. The van der Waals surface area contributed by atoms with Crippen LogP contribution in [-0.4, -0.2) is 64.1 Å². The molecule has 34 heavy (non-hydrogen) atoms. The number of hydrogen-bond acceptors (Lipinski definition) is 10. The Kier molecular flexibility index (Phi) is 8.76. The highest BCUT2D eigenvalue weighted by molar-refractivity contribution is 7.89. The molecule has 2 N–H and O–H groups in total. The molecule has 3 rings (SSSR count). The van der Waals surface area contributed by atoms with Gasteiger partial charge in [-0.3, -0.25) is 10.1 Å². The lowest BCUT2D eigenvalue weighted by atomic mass is 10.1. The number of aliphatic hydroxyl groups is 1. The smallest absolute Gasteiger partial charge is 0.280 e. The molecule has 0 aliphatic carbocycles. The van der Waals surface area contributed by atoms with E-state index in [4.69, 9.17) is 9.94 Å². The van der Waals surface area contributed by atoms with Gasteiger partial charge in [0.1, 0.15) is 0 Å². The van der Waals surface area contributed by atoms with E-state index in [1.807, 2.05) is 6.92 Å². The molecular weight excluding hydrogens is 480 g/mol. The first-order valence-electron chi connectivity index (χ1n) is 10.3. The number of aromatic nitrogens is 3. The highest BCUT2D eigenvalue weighted by Crippen LogP contribution is 2.19. The fraction of sp³-hybridized carbons (Fsp3) is 0.286. The number of amides is 1. The van der Waals surface area contributed by atoms with Crippen molar-refractivity contribution in [1.29, 1.82) is 0 Å². The number of aliphatic hydroxyl groups excluding tert-OH is 1. The maximum atomic E-state index is 12.9. The van der Waals surface area contributed by atoms with Crippen LogP contribution in [0.5, 0.6) is 0 Å². The molecule has 180 valence electrons. The molecule has 0 bridgehead atoms. The third-order valence-electron chi connectivity index (χ3n) is 4.49. The molecule has 0 aliphatic heterocycles. The fourth-order valence-electron chi connectivity index (χ4n) is 2.85. The van der Waals surface area contributed by atoms with Crippen LogP contribution in [0.15, 0.2) is 59.0 Å². The molecule has 0 spiro atoms. The lowest BCUT2D eigenvalue weighted by Crippen LogP contribution is -2.33. The molecule has 2 aromatic heterocycles. The fourth-order valence-corrected chi connectivity index (χ4v) is 4.95. The lowest BCUT2D eigenvalue weighted by Gasteiger charge is -2.19. The molecular formula is C21H24N6O5S2. The van der Waals surface area contributed by atoms with Gasteiger partial charge in [0.2, 0.25) is 10.0 Å². The summed E-state index contributed by atoms with van der Waals surface area (Å²) in [4.78, 5) is 31.4. The van der Waals surface area contributed by atoms with Crippen LogP contribution in [0.25, 0.3) is 0 Å². The van der Waals surface area contributed by atoms with Gasteiger partial charge in [0.05, 0.1) is 11.5 Å². The van der Waals surface area contributed by atoms with E-state index < -0.39 is 15.9 Å². The van der Waals surface area contributed by atoms with Crippen LogP contribution in [-0.2, 0) is 26.3 Å². The number of carbonyl (C=O) groups is 1. The second-order valence-electron chi connectivity index (χ2n) is 6.85. The highest BCUT2D eigenvalue weighted by atomic mass is 32.2. The van der Waals surface area contributed by atoms with E-state index in [-0.39, 0.29) is 36.9 Å². The number of hydrogen-bond donors (Lipinski definition) is 2. The molecule has 0 atom stereocenters. The van der Waals surface area contributed by atoms with Gasteiger partial charge in [-0.15, -0.1) is 11.3 Å². The molecule has 0 saturated heterocycles. The van der Waals surface area contributed by atoms with E-state index in [0.29, 0.717) is 16.5 Å². The number of carbonyl (C=O) groups excluding carboxylic acids is 1. The lowest BCUT2D eigenvalue weighted by molar-refractivity contribution is -0.110. The van der Waals surface area contributed by atoms with Gasteiger partial charge in [0.15, 0.2) is 23.3 Å². The first-order valence-corrected chi connectivity index (χ1v) is 12.5. The Hall–Kier alpha value is -3.26. The quantitative estimate of drug-likeness (QED) is 0.297. The van der Waals surface area contributed by atoms with Gasteiger partial charge in [0, 0.05) is 42.1 Å². The maximum Gasteiger partial charge on any atom is 0.280 e. The molecule has 13 heteroatoms. The van der Waals surface area contributed by atoms with E-state index in [0.717, 1.165) is 9.18 Å². The van der Waals surface area contributed by atoms with Crippen LogP contribution in [0.4, 0.5) is 5.13 Å². The molecule has 3 aromatic rings. The molecule has 0 fully saturated rings. The number of rotatable bonds is 11. The van der Waals surface area contributed by atoms with E-state index in [1.165, 1.54) is 35.6 Å². The van der Waals surface area contributed by atoms with Crippen molar-refractivity contribution in [2.45, 2.75) is 25.3 Å². The zero-order valence-corrected chi connectivity index (χ0v) is 20.2. The zero-order valence-electron chi connectivity index (χ0n) is 18.6. The largest absolute Gasteiger partial charge is 0.395 e. The third-order valence-corrected chi connectivity index (χ3v) is 7.31. The van der Waals surface area contributed by atoms with E-state index in [9.17, 15) is 13.2 Å². The van der Waals surface area contributed by atoms with Gasteiger partial charge < -0.3 is 9.94 Å². The van der Waals surface area contributed by atoms with Crippen molar-refractivity contribution >= 4 is 38.1 Å². The molecule has 1 amide bonds. The van der Waals surface area contributed by atoms with Crippen molar-refractivity contribution in [3.05, 3.63) is 65.2 Å². The Morgan fingerprint density at radius 2 is 1.91 bits per heavy atom. The van der Waals surface area contributed by atoms with E-state index >= 15 is 0 Å². The Morgan fingerprint density at radius 3 is 2.50 bits per heavy atom. The van der Waals surface area contributed by atoms with Gasteiger partial charge in [-0.25, -0.2) is 23.4 Å². The average Bonchev–Trinajstić information content (AvgIpc) is 3.25. The minimum absolute atomic E-state index is 0.0155. The molecule has 2 heterocycles. The van der Waals surface area contributed by atoms with Crippen LogP contribution in [0.2, 0.25) is 0 Å². The van der Waals surface area contributed by atoms with Crippen LogP contribution in [0.1, 0.15) is 23.2 Å². The number of thiazole rings is 1. The summed E-state index contributed by atoms with van der Waals surface area (Å²) >= 11 is 1.30. The summed E-state index contributed by atoms with van der Waals surface area (Å²) in [5.74, 6) is -0.194. The second kappa shape index (κ2) is 11.7. The summed E-state index contributed by atoms with van der Waals surface area (Å²) in [5, 5.41) is 16.2.